The number of carbonyl (C=O) groups excluding carboxylic acids is 1. The number of amides is 1. The Bertz CT molecular complexity index is 535. The number of carboxylic acids is 1. The van der Waals surface area contributed by atoms with Crippen molar-refractivity contribution in [3.63, 3.8) is 0 Å². The van der Waals surface area contributed by atoms with Crippen LogP contribution < -0.4 is 0 Å². The molecule has 0 aliphatic heterocycles. The number of hydrogen-bond donors (Lipinski definition) is 1. The second-order valence-corrected chi connectivity index (χ2v) is 5.64. The molecule has 0 aliphatic carbocycles. The molecule has 0 saturated heterocycles. The Morgan fingerprint density at radius 3 is 2.52 bits per heavy atom. The number of aliphatic carboxylic acids is 1. The van der Waals surface area contributed by atoms with Crippen molar-refractivity contribution in [3.05, 3.63) is 41.5 Å². The van der Waals surface area contributed by atoms with Crippen LogP contribution in [-0.4, -0.2) is 28.9 Å². The minimum absolute atomic E-state index is 0.00918. The van der Waals surface area contributed by atoms with E-state index in [0.29, 0.717) is 12.5 Å². The largest absolute Gasteiger partial charge is 0.478 e. The summed E-state index contributed by atoms with van der Waals surface area (Å²) in [6.45, 7) is 6.53. The highest BCUT2D eigenvalue weighted by Gasteiger charge is 2.20. The van der Waals surface area contributed by atoms with Crippen LogP contribution in [0, 0.1) is 11.8 Å². The van der Waals surface area contributed by atoms with Gasteiger partial charge in [0.2, 0.25) is 5.91 Å². The first kappa shape index (κ1) is 17.0. The second-order valence-electron chi connectivity index (χ2n) is 5.64. The zero-order valence-corrected chi connectivity index (χ0v) is 13.0. The highest BCUT2D eigenvalue weighted by molar-refractivity contribution is 5.85. The van der Waals surface area contributed by atoms with Crippen LogP contribution in [0.3, 0.4) is 0 Å². The number of carboxylic acid groups (broad SMARTS) is 1. The molecule has 114 valence electrons. The molecule has 4 heteroatoms. The first-order chi connectivity index (χ1) is 9.81. The van der Waals surface area contributed by atoms with Crippen molar-refractivity contribution >= 4 is 18.0 Å². The molecule has 0 aromatic heterocycles. The van der Waals surface area contributed by atoms with E-state index in [2.05, 4.69) is 0 Å². The third kappa shape index (κ3) is 5.42. The lowest BCUT2D eigenvalue weighted by Crippen LogP contribution is -2.33. The van der Waals surface area contributed by atoms with Crippen molar-refractivity contribution in [2.75, 3.05) is 7.05 Å². The molecule has 0 spiro atoms. The highest BCUT2D eigenvalue weighted by Crippen LogP contribution is 2.15. The summed E-state index contributed by atoms with van der Waals surface area (Å²) >= 11 is 0. The normalized spacial score (nSPS) is 12.6. The van der Waals surface area contributed by atoms with E-state index in [-0.39, 0.29) is 11.8 Å². The molecule has 1 atom stereocenters. The van der Waals surface area contributed by atoms with Crippen molar-refractivity contribution < 1.29 is 14.7 Å². The lowest BCUT2D eigenvalue weighted by Gasteiger charge is -2.23. The molecule has 0 radical (unpaired) electrons. The van der Waals surface area contributed by atoms with Gasteiger partial charge in [-0.15, -0.1) is 0 Å². The van der Waals surface area contributed by atoms with Crippen LogP contribution in [0.1, 0.15) is 31.9 Å². The van der Waals surface area contributed by atoms with Crippen LogP contribution >= 0.6 is 0 Å². The molecule has 0 aliphatic rings. The number of hydrogen-bond acceptors (Lipinski definition) is 2. The molecule has 1 rings (SSSR count). The van der Waals surface area contributed by atoms with Gasteiger partial charge in [-0.25, -0.2) is 4.79 Å². The van der Waals surface area contributed by atoms with Crippen LogP contribution in [0.4, 0.5) is 0 Å². The van der Waals surface area contributed by atoms with Gasteiger partial charge in [-0.05, 0) is 29.2 Å². The molecule has 4 nitrogen and oxygen atoms in total. The van der Waals surface area contributed by atoms with Crippen LogP contribution in [0.15, 0.2) is 30.3 Å². The summed E-state index contributed by atoms with van der Waals surface area (Å²) in [6.07, 6.45) is 2.65. The van der Waals surface area contributed by atoms with Crippen molar-refractivity contribution in [2.45, 2.75) is 27.3 Å². The first-order valence-corrected chi connectivity index (χ1v) is 7.06. The molecule has 21 heavy (non-hydrogen) atoms. The fourth-order valence-electron chi connectivity index (χ4n) is 1.95. The molecule has 1 N–H and O–H groups in total. The van der Waals surface area contributed by atoms with Crippen LogP contribution in [-0.2, 0) is 16.1 Å². The molecular weight excluding hydrogens is 266 g/mol. The van der Waals surface area contributed by atoms with E-state index < -0.39 is 5.97 Å². The maximum Gasteiger partial charge on any atom is 0.328 e. The number of rotatable bonds is 6. The number of benzene rings is 1. The summed E-state index contributed by atoms with van der Waals surface area (Å²) in [5, 5.41) is 8.64. The Morgan fingerprint density at radius 2 is 1.95 bits per heavy atom. The smallest absolute Gasteiger partial charge is 0.328 e. The summed E-state index contributed by atoms with van der Waals surface area (Å²) in [5.74, 6) is -0.551. The minimum atomic E-state index is -0.974. The maximum absolute atomic E-state index is 12.2. The molecule has 0 bridgehead atoms. The lowest BCUT2D eigenvalue weighted by molar-refractivity contribution is -0.135. The SMILES string of the molecule is CC(C)C(C)C(=O)N(C)Cc1cccc(C=CC(=O)O)c1. The van der Waals surface area contributed by atoms with Gasteiger partial charge >= 0.3 is 5.97 Å². The molecule has 0 saturated carbocycles. The molecule has 0 heterocycles. The predicted octanol–water partition coefficient (Wildman–Crippen LogP) is 3.03. The summed E-state index contributed by atoms with van der Waals surface area (Å²) in [6, 6.07) is 7.52. The third-order valence-electron chi connectivity index (χ3n) is 3.55. The molecule has 1 amide bonds. The van der Waals surface area contributed by atoms with Gasteiger partial charge in [-0.3, -0.25) is 4.79 Å². The highest BCUT2D eigenvalue weighted by atomic mass is 16.4. The van der Waals surface area contributed by atoms with Crippen molar-refractivity contribution in [3.8, 4) is 0 Å². The fraction of sp³-hybridized carbons (Fsp3) is 0.412. The average molecular weight is 289 g/mol. The van der Waals surface area contributed by atoms with Gasteiger partial charge in [0, 0.05) is 25.6 Å². The maximum atomic E-state index is 12.2. The molecule has 1 aromatic rings. The van der Waals surface area contributed by atoms with Crippen LogP contribution in [0.2, 0.25) is 0 Å². The van der Waals surface area contributed by atoms with E-state index in [0.717, 1.165) is 17.2 Å². The quantitative estimate of drug-likeness (QED) is 0.819. The minimum Gasteiger partial charge on any atom is -0.478 e. The Hall–Kier alpha value is -2.10. The zero-order valence-electron chi connectivity index (χ0n) is 13.0. The van der Waals surface area contributed by atoms with Crippen LogP contribution in [0.25, 0.3) is 6.08 Å². The van der Waals surface area contributed by atoms with Gasteiger partial charge in [0.15, 0.2) is 0 Å². The van der Waals surface area contributed by atoms with Gasteiger partial charge in [0.05, 0.1) is 0 Å². The summed E-state index contributed by atoms with van der Waals surface area (Å²) in [5.41, 5.74) is 1.79. The Kier molecular flexibility index (Phi) is 6.15. The van der Waals surface area contributed by atoms with Crippen molar-refractivity contribution in [2.24, 2.45) is 11.8 Å². The molecular formula is C17H23NO3. The standard InChI is InChI=1S/C17H23NO3/c1-12(2)13(3)17(21)18(4)11-15-7-5-6-14(10-15)8-9-16(19)20/h5-10,12-13H,11H2,1-4H3,(H,19,20). The monoisotopic (exact) mass is 289 g/mol. The van der Waals surface area contributed by atoms with E-state index in [1.54, 1.807) is 18.0 Å². The Morgan fingerprint density at radius 1 is 1.29 bits per heavy atom. The summed E-state index contributed by atoms with van der Waals surface area (Å²) in [4.78, 5) is 24.5. The van der Waals surface area contributed by atoms with Gasteiger partial charge < -0.3 is 10.0 Å². The molecule has 1 unspecified atom stereocenters. The molecule has 1 aromatic carbocycles. The van der Waals surface area contributed by atoms with E-state index in [9.17, 15) is 9.59 Å². The van der Waals surface area contributed by atoms with Gasteiger partial charge in [-0.1, -0.05) is 39.0 Å². The number of carbonyl (C=O) groups is 2. The van der Waals surface area contributed by atoms with Crippen molar-refractivity contribution in [1.29, 1.82) is 0 Å². The van der Waals surface area contributed by atoms with Gasteiger partial charge in [-0.2, -0.15) is 0 Å². The third-order valence-corrected chi connectivity index (χ3v) is 3.55. The lowest BCUT2D eigenvalue weighted by atomic mass is 9.96. The summed E-state index contributed by atoms with van der Waals surface area (Å²) in [7, 11) is 1.79. The predicted molar refractivity (Wildman–Crippen MR) is 83.6 cm³/mol. The van der Waals surface area contributed by atoms with E-state index in [1.807, 2.05) is 45.0 Å². The Labute approximate surface area is 126 Å². The van der Waals surface area contributed by atoms with Gasteiger partial charge in [0.25, 0.3) is 0 Å². The van der Waals surface area contributed by atoms with E-state index >= 15 is 0 Å². The average Bonchev–Trinajstić information content (AvgIpc) is 2.43. The number of nitrogens with zero attached hydrogens (tertiary/aromatic N) is 1. The van der Waals surface area contributed by atoms with Crippen LogP contribution in [0.5, 0.6) is 0 Å². The van der Waals surface area contributed by atoms with E-state index in [4.69, 9.17) is 5.11 Å². The summed E-state index contributed by atoms with van der Waals surface area (Å²) < 4.78 is 0. The first-order valence-electron chi connectivity index (χ1n) is 7.06. The van der Waals surface area contributed by atoms with Crippen molar-refractivity contribution in [1.82, 2.24) is 4.90 Å². The van der Waals surface area contributed by atoms with E-state index in [1.165, 1.54) is 0 Å². The second kappa shape index (κ2) is 7.62. The zero-order chi connectivity index (χ0) is 16.0. The molecule has 0 fully saturated rings. The topological polar surface area (TPSA) is 57.6 Å². The fourth-order valence-corrected chi connectivity index (χ4v) is 1.95. The van der Waals surface area contributed by atoms with Gasteiger partial charge in [0.1, 0.15) is 0 Å². The Balaban J connectivity index is 2.77.